The lowest BCUT2D eigenvalue weighted by atomic mass is 10.4. The Hall–Kier alpha value is -0.720. The summed E-state index contributed by atoms with van der Waals surface area (Å²) in [4.78, 5) is 2.42. The van der Waals surface area contributed by atoms with Crippen LogP contribution in [0.3, 0.4) is 0 Å². The molecule has 17 heavy (non-hydrogen) atoms. The van der Waals surface area contributed by atoms with E-state index in [-0.39, 0.29) is 0 Å². The van der Waals surface area contributed by atoms with Gasteiger partial charge in [0.2, 0.25) is 5.13 Å². The number of nitrogens with zero attached hydrogens (tertiary/aromatic N) is 3. The highest BCUT2D eigenvalue weighted by Crippen LogP contribution is 2.41. The Kier molecular flexibility index (Phi) is 3.54. The third-order valence-corrected chi connectivity index (χ3v) is 4.22. The smallest absolute Gasteiger partial charge is 0.205 e. The van der Waals surface area contributed by atoms with Crippen molar-refractivity contribution in [2.45, 2.75) is 18.8 Å². The second-order valence-corrected chi connectivity index (χ2v) is 5.61. The summed E-state index contributed by atoms with van der Waals surface area (Å²) in [5, 5.41) is 13.9. The van der Waals surface area contributed by atoms with Crippen molar-refractivity contribution in [3.63, 3.8) is 0 Å². The summed E-state index contributed by atoms with van der Waals surface area (Å²) < 4.78 is 5.32. The number of morpholine rings is 1. The Balaban J connectivity index is 1.40. The summed E-state index contributed by atoms with van der Waals surface area (Å²) in [7, 11) is 0. The zero-order chi connectivity index (χ0) is 11.5. The zero-order valence-electron chi connectivity index (χ0n) is 9.89. The van der Waals surface area contributed by atoms with Crippen LogP contribution in [0.4, 0.5) is 5.13 Å². The van der Waals surface area contributed by atoms with E-state index in [1.54, 1.807) is 11.3 Å². The number of hydrogen-bond acceptors (Lipinski definition) is 6. The lowest BCUT2D eigenvalue weighted by molar-refractivity contribution is 0.0398. The summed E-state index contributed by atoms with van der Waals surface area (Å²) in [6, 6.07) is 0. The molecule has 1 aliphatic carbocycles. The Morgan fingerprint density at radius 1 is 1.29 bits per heavy atom. The van der Waals surface area contributed by atoms with Crippen LogP contribution in [-0.2, 0) is 4.74 Å². The van der Waals surface area contributed by atoms with E-state index in [4.69, 9.17) is 4.74 Å². The Morgan fingerprint density at radius 2 is 2.12 bits per heavy atom. The SMILES string of the molecule is C(CN1CCOCC1)Nc1nnc(C2CC2)s1. The second-order valence-electron chi connectivity index (χ2n) is 4.60. The molecule has 6 heteroatoms. The van der Waals surface area contributed by atoms with E-state index < -0.39 is 0 Å². The van der Waals surface area contributed by atoms with Crippen LogP contribution in [-0.4, -0.2) is 54.5 Å². The van der Waals surface area contributed by atoms with Gasteiger partial charge in [-0.15, -0.1) is 10.2 Å². The lowest BCUT2D eigenvalue weighted by Gasteiger charge is -2.26. The molecule has 1 saturated carbocycles. The summed E-state index contributed by atoms with van der Waals surface area (Å²) in [5.74, 6) is 0.710. The molecule has 0 amide bonds. The third kappa shape index (κ3) is 3.14. The van der Waals surface area contributed by atoms with Crippen LogP contribution >= 0.6 is 11.3 Å². The van der Waals surface area contributed by atoms with Crippen molar-refractivity contribution >= 4 is 16.5 Å². The molecule has 1 aromatic rings. The normalized spacial score (nSPS) is 21.6. The van der Waals surface area contributed by atoms with Crippen molar-refractivity contribution < 1.29 is 4.74 Å². The maximum absolute atomic E-state index is 5.32. The predicted molar refractivity (Wildman–Crippen MR) is 67.6 cm³/mol. The number of aromatic nitrogens is 2. The molecule has 0 bridgehead atoms. The lowest BCUT2D eigenvalue weighted by Crippen LogP contribution is -2.38. The van der Waals surface area contributed by atoms with Crippen LogP contribution in [0.15, 0.2) is 0 Å². The molecule has 0 aromatic carbocycles. The molecule has 2 fully saturated rings. The molecule has 0 unspecified atom stereocenters. The fourth-order valence-electron chi connectivity index (χ4n) is 1.95. The van der Waals surface area contributed by atoms with Crippen LogP contribution in [0.25, 0.3) is 0 Å². The van der Waals surface area contributed by atoms with Crippen LogP contribution in [0, 0.1) is 0 Å². The molecule has 1 saturated heterocycles. The number of nitrogens with one attached hydrogen (secondary N) is 1. The van der Waals surface area contributed by atoms with E-state index in [9.17, 15) is 0 Å². The van der Waals surface area contributed by atoms with Gasteiger partial charge in [-0.3, -0.25) is 4.90 Å². The largest absolute Gasteiger partial charge is 0.379 e. The summed E-state index contributed by atoms with van der Waals surface area (Å²) in [6.45, 7) is 5.83. The molecule has 1 aromatic heterocycles. The first-order valence-corrected chi connectivity index (χ1v) is 7.11. The van der Waals surface area contributed by atoms with Crippen molar-refractivity contribution in [1.82, 2.24) is 15.1 Å². The monoisotopic (exact) mass is 254 g/mol. The maximum atomic E-state index is 5.32. The van der Waals surface area contributed by atoms with Crippen LogP contribution in [0.2, 0.25) is 0 Å². The van der Waals surface area contributed by atoms with Crippen molar-refractivity contribution in [3.05, 3.63) is 5.01 Å². The number of ether oxygens (including phenoxy) is 1. The summed E-state index contributed by atoms with van der Waals surface area (Å²) in [6.07, 6.45) is 2.59. The number of anilines is 1. The number of rotatable bonds is 5. The summed E-state index contributed by atoms with van der Waals surface area (Å²) in [5.41, 5.74) is 0. The fraction of sp³-hybridized carbons (Fsp3) is 0.818. The molecule has 94 valence electrons. The number of hydrogen-bond donors (Lipinski definition) is 1. The first kappa shape index (κ1) is 11.4. The molecule has 1 aliphatic heterocycles. The van der Waals surface area contributed by atoms with E-state index in [1.807, 2.05) is 0 Å². The molecular formula is C11H18N4OS. The zero-order valence-corrected chi connectivity index (χ0v) is 10.7. The predicted octanol–water partition coefficient (Wildman–Crippen LogP) is 1.16. The molecule has 5 nitrogen and oxygen atoms in total. The highest BCUT2D eigenvalue weighted by molar-refractivity contribution is 7.15. The van der Waals surface area contributed by atoms with Crippen molar-refractivity contribution in [2.75, 3.05) is 44.7 Å². The van der Waals surface area contributed by atoms with Crippen molar-refractivity contribution in [2.24, 2.45) is 0 Å². The minimum Gasteiger partial charge on any atom is -0.379 e. The Morgan fingerprint density at radius 3 is 2.88 bits per heavy atom. The highest BCUT2D eigenvalue weighted by atomic mass is 32.1. The second kappa shape index (κ2) is 5.29. The van der Waals surface area contributed by atoms with E-state index in [0.717, 1.165) is 44.5 Å². The Bertz CT molecular complexity index is 360. The quantitative estimate of drug-likeness (QED) is 0.854. The molecular weight excluding hydrogens is 236 g/mol. The molecule has 0 radical (unpaired) electrons. The van der Waals surface area contributed by atoms with Crippen LogP contribution in [0.5, 0.6) is 0 Å². The first-order chi connectivity index (χ1) is 8.42. The average Bonchev–Trinajstić information content (AvgIpc) is 3.11. The molecule has 2 aliphatic rings. The molecule has 0 spiro atoms. The Labute approximate surface area is 105 Å². The summed E-state index contributed by atoms with van der Waals surface area (Å²) >= 11 is 1.71. The minimum atomic E-state index is 0.710. The van der Waals surface area contributed by atoms with Gasteiger partial charge in [0.1, 0.15) is 5.01 Å². The van der Waals surface area contributed by atoms with E-state index in [0.29, 0.717) is 5.92 Å². The third-order valence-electron chi connectivity index (χ3n) is 3.18. The van der Waals surface area contributed by atoms with Gasteiger partial charge in [-0.2, -0.15) is 0 Å². The van der Waals surface area contributed by atoms with Crippen LogP contribution < -0.4 is 5.32 Å². The van der Waals surface area contributed by atoms with Gasteiger partial charge in [0.25, 0.3) is 0 Å². The molecule has 1 N–H and O–H groups in total. The molecule has 2 heterocycles. The van der Waals surface area contributed by atoms with E-state index in [2.05, 4.69) is 20.4 Å². The first-order valence-electron chi connectivity index (χ1n) is 6.29. The van der Waals surface area contributed by atoms with Gasteiger partial charge < -0.3 is 10.1 Å². The van der Waals surface area contributed by atoms with E-state index >= 15 is 0 Å². The molecule has 0 atom stereocenters. The van der Waals surface area contributed by atoms with E-state index in [1.165, 1.54) is 17.8 Å². The van der Waals surface area contributed by atoms with Gasteiger partial charge >= 0.3 is 0 Å². The van der Waals surface area contributed by atoms with Crippen LogP contribution in [0.1, 0.15) is 23.8 Å². The maximum Gasteiger partial charge on any atom is 0.205 e. The topological polar surface area (TPSA) is 50.3 Å². The van der Waals surface area contributed by atoms with Gasteiger partial charge in [0.05, 0.1) is 13.2 Å². The van der Waals surface area contributed by atoms with Crippen molar-refractivity contribution in [1.29, 1.82) is 0 Å². The standard InChI is InChI=1S/C11H18N4OS/c1-2-9(1)10-13-14-11(17-10)12-3-4-15-5-7-16-8-6-15/h9H,1-8H2,(H,12,14). The van der Waals surface area contributed by atoms with Gasteiger partial charge in [-0.1, -0.05) is 11.3 Å². The van der Waals surface area contributed by atoms with Gasteiger partial charge in [0, 0.05) is 32.1 Å². The van der Waals surface area contributed by atoms with Gasteiger partial charge in [0.15, 0.2) is 0 Å². The van der Waals surface area contributed by atoms with Crippen molar-refractivity contribution in [3.8, 4) is 0 Å². The average molecular weight is 254 g/mol. The van der Waals surface area contributed by atoms with Gasteiger partial charge in [-0.05, 0) is 12.8 Å². The highest BCUT2D eigenvalue weighted by Gasteiger charge is 2.27. The fourth-order valence-corrected chi connectivity index (χ4v) is 2.88. The molecule has 3 rings (SSSR count). The minimum absolute atomic E-state index is 0.710. The van der Waals surface area contributed by atoms with Gasteiger partial charge in [-0.25, -0.2) is 0 Å².